The fraction of sp³-hybridized carbons (Fsp3) is 0. The van der Waals surface area contributed by atoms with Gasteiger partial charge in [0.1, 0.15) is 12.0 Å². The SMILES string of the molecule is C=C(O)/C=C(\N=C\C(=O)O)C(=O)O. The number of carboxylic acid groups (broad SMARTS) is 2. The van der Waals surface area contributed by atoms with Crippen molar-refractivity contribution in [2.75, 3.05) is 0 Å². The van der Waals surface area contributed by atoms with Gasteiger partial charge in [0, 0.05) is 6.08 Å². The molecule has 0 rings (SSSR count). The maximum Gasteiger partial charge on any atom is 0.354 e. The Hall–Kier alpha value is -2.11. The summed E-state index contributed by atoms with van der Waals surface area (Å²) >= 11 is 0. The zero-order chi connectivity index (χ0) is 10.4. The Kier molecular flexibility index (Phi) is 3.94. The second-order valence-electron chi connectivity index (χ2n) is 1.92. The molecule has 0 fully saturated rings. The van der Waals surface area contributed by atoms with Gasteiger partial charge in [-0.2, -0.15) is 0 Å². The smallest absolute Gasteiger partial charge is 0.354 e. The van der Waals surface area contributed by atoms with Crippen LogP contribution in [0.5, 0.6) is 0 Å². The number of aliphatic hydroxyl groups excluding tert-OH is 1. The zero-order valence-corrected chi connectivity index (χ0v) is 6.47. The molecule has 13 heavy (non-hydrogen) atoms. The summed E-state index contributed by atoms with van der Waals surface area (Å²) in [6, 6.07) is 0. The van der Waals surface area contributed by atoms with Crippen LogP contribution in [0.2, 0.25) is 0 Å². The maximum absolute atomic E-state index is 10.3. The summed E-state index contributed by atoms with van der Waals surface area (Å²) in [7, 11) is 0. The molecule has 0 aliphatic carbocycles. The van der Waals surface area contributed by atoms with Gasteiger partial charge >= 0.3 is 11.9 Å². The minimum absolute atomic E-state index is 0.406. The topological polar surface area (TPSA) is 107 Å². The Morgan fingerprint density at radius 2 is 1.77 bits per heavy atom. The molecule has 0 saturated heterocycles. The lowest BCUT2D eigenvalue weighted by Crippen LogP contribution is -2.02. The molecule has 0 bridgehead atoms. The van der Waals surface area contributed by atoms with Crippen LogP contribution in [0.15, 0.2) is 29.1 Å². The molecular weight excluding hydrogens is 178 g/mol. The number of carbonyl (C=O) groups is 2. The highest BCUT2D eigenvalue weighted by Gasteiger charge is 2.05. The third-order valence-electron chi connectivity index (χ3n) is 0.837. The number of carboxylic acids is 2. The summed E-state index contributed by atoms with van der Waals surface area (Å²) in [6.07, 6.45) is 1.14. The molecule has 6 nitrogen and oxygen atoms in total. The lowest BCUT2D eigenvalue weighted by atomic mass is 10.4. The summed E-state index contributed by atoms with van der Waals surface area (Å²) in [4.78, 5) is 23.4. The molecule has 0 aliphatic heterocycles. The van der Waals surface area contributed by atoms with Gasteiger partial charge in [-0.15, -0.1) is 0 Å². The fourth-order valence-corrected chi connectivity index (χ4v) is 0.437. The largest absolute Gasteiger partial charge is 0.509 e. The van der Waals surface area contributed by atoms with Gasteiger partial charge in [-0.25, -0.2) is 14.6 Å². The molecule has 0 aromatic rings. The van der Waals surface area contributed by atoms with Crippen LogP contribution in [-0.4, -0.2) is 33.5 Å². The molecule has 0 aliphatic rings. The second-order valence-corrected chi connectivity index (χ2v) is 1.92. The third-order valence-corrected chi connectivity index (χ3v) is 0.837. The van der Waals surface area contributed by atoms with Crippen LogP contribution in [-0.2, 0) is 9.59 Å². The van der Waals surface area contributed by atoms with E-state index in [-0.39, 0.29) is 0 Å². The van der Waals surface area contributed by atoms with Gasteiger partial charge in [-0.3, -0.25) is 0 Å². The van der Waals surface area contributed by atoms with Gasteiger partial charge < -0.3 is 15.3 Å². The lowest BCUT2D eigenvalue weighted by molar-refractivity contribution is -0.132. The molecule has 0 amide bonds. The predicted molar refractivity (Wildman–Crippen MR) is 43.6 cm³/mol. The molecule has 70 valence electrons. The molecule has 0 spiro atoms. The van der Waals surface area contributed by atoms with Gasteiger partial charge in [0.15, 0.2) is 5.70 Å². The predicted octanol–water partition coefficient (Wildman–Crippen LogP) is 0.182. The molecule has 6 heteroatoms. The van der Waals surface area contributed by atoms with Gasteiger partial charge in [-0.05, 0) is 0 Å². The van der Waals surface area contributed by atoms with Crippen molar-refractivity contribution in [3.63, 3.8) is 0 Å². The summed E-state index contributed by atoms with van der Waals surface area (Å²) in [5.74, 6) is -3.34. The monoisotopic (exact) mass is 185 g/mol. The van der Waals surface area contributed by atoms with Crippen molar-refractivity contribution in [1.82, 2.24) is 0 Å². The van der Waals surface area contributed by atoms with Crippen LogP contribution >= 0.6 is 0 Å². The van der Waals surface area contributed by atoms with E-state index in [1.54, 1.807) is 0 Å². The maximum atomic E-state index is 10.3. The van der Waals surface area contributed by atoms with E-state index in [0.29, 0.717) is 6.21 Å². The number of rotatable bonds is 4. The van der Waals surface area contributed by atoms with Crippen molar-refractivity contribution in [3.05, 3.63) is 24.1 Å². The average Bonchev–Trinajstić information content (AvgIpc) is 1.96. The molecule has 0 aromatic heterocycles. The highest BCUT2D eigenvalue weighted by Crippen LogP contribution is 1.99. The van der Waals surface area contributed by atoms with Gasteiger partial charge in [-0.1, -0.05) is 6.58 Å². The average molecular weight is 185 g/mol. The van der Waals surface area contributed by atoms with E-state index in [4.69, 9.17) is 15.3 Å². The van der Waals surface area contributed by atoms with Crippen molar-refractivity contribution >= 4 is 18.2 Å². The minimum atomic E-state index is -1.45. The Morgan fingerprint density at radius 1 is 1.23 bits per heavy atom. The Labute approximate surface area is 73.2 Å². The molecule has 0 aromatic carbocycles. The van der Waals surface area contributed by atoms with E-state index in [9.17, 15) is 9.59 Å². The first kappa shape index (κ1) is 10.9. The zero-order valence-electron chi connectivity index (χ0n) is 6.47. The quantitative estimate of drug-likeness (QED) is 0.250. The Bertz CT molecular complexity index is 302. The van der Waals surface area contributed by atoms with E-state index in [1.807, 2.05) is 0 Å². The van der Waals surface area contributed by atoms with Crippen LogP contribution in [0.3, 0.4) is 0 Å². The first-order chi connectivity index (χ1) is 5.93. The van der Waals surface area contributed by atoms with E-state index in [0.717, 1.165) is 6.08 Å². The van der Waals surface area contributed by atoms with Crippen molar-refractivity contribution in [1.29, 1.82) is 0 Å². The summed E-state index contributed by atoms with van der Waals surface area (Å²) < 4.78 is 0. The number of hydrogen-bond donors (Lipinski definition) is 3. The molecular formula is C7H7NO5. The van der Waals surface area contributed by atoms with E-state index >= 15 is 0 Å². The normalized spacial score (nSPS) is 11.5. The van der Waals surface area contributed by atoms with Crippen molar-refractivity contribution < 1.29 is 24.9 Å². The molecule has 0 unspecified atom stereocenters. The fourth-order valence-electron chi connectivity index (χ4n) is 0.437. The van der Waals surface area contributed by atoms with Crippen LogP contribution < -0.4 is 0 Å². The molecule has 0 atom stereocenters. The Morgan fingerprint density at radius 3 is 2.08 bits per heavy atom. The summed E-state index contributed by atoms with van der Waals surface area (Å²) in [6.45, 7) is 3.00. The van der Waals surface area contributed by atoms with Crippen LogP contribution in [0.25, 0.3) is 0 Å². The van der Waals surface area contributed by atoms with Crippen LogP contribution in [0.4, 0.5) is 0 Å². The molecule has 3 N–H and O–H groups in total. The molecule has 0 radical (unpaired) electrons. The number of aliphatic hydroxyl groups is 1. The van der Waals surface area contributed by atoms with Crippen molar-refractivity contribution in [3.8, 4) is 0 Å². The molecule has 0 heterocycles. The van der Waals surface area contributed by atoms with Gasteiger partial charge in [0.2, 0.25) is 0 Å². The number of hydrogen-bond acceptors (Lipinski definition) is 4. The van der Waals surface area contributed by atoms with Gasteiger partial charge in [0.05, 0.1) is 0 Å². The van der Waals surface area contributed by atoms with Crippen molar-refractivity contribution in [2.45, 2.75) is 0 Å². The third kappa shape index (κ3) is 5.19. The first-order valence-corrected chi connectivity index (χ1v) is 3.03. The lowest BCUT2D eigenvalue weighted by Gasteiger charge is -1.92. The van der Waals surface area contributed by atoms with Crippen LogP contribution in [0, 0.1) is 0 Å². The number of aliphatic carboxylic acids is 2. The van der Waals surface area contributed by atoms with Crippen LogP contribution in [0.1, 0.15) is 0 Å². The first-order valence-electron chi connectivity index (χ1n) is 3.03. The Balaban J connectivity index is 4.74. The highest BCUT2D eigenvalue weighted by atomic mass is 16.4. The van der Waals surface area contributed by atoms with Crippen molar-refractivity contribution in [2.24, 2.45) is 4.99 Å². The van der Waals surface area contributed by atoms with Gasteiger partial charge in [0.25, 0.3) is 0 Å². The number of nitrogens with zero attached hydrogens (tertiary/aromatic N) is 1. The second kappa shape index (κ2) is 4.70. The summed E-state index contributed by atoms with van der Waals surface area (Å²) in [5, 5.41) is 25.1. The minimum Gasteiger partial charge on any atom is -0.509 e. The number of aliphatic imine (C=N–C) groups is 1. The van der Waals surface area contributed by atoms with E-state index in [1.165, 1.54) is 0 Å². The number of allylic oxidation sites excluding steroid dienone is 1. The van der Waals surface area contributed by atoms with E-state index < -0.39 is 23.4 Å². The highest BCUT2D eigenvalue weighted by molar-refractivity contribution is 6.22. The summed E-state index contributed by atoms with van der Waals surface area (Å²) in [5.41, 5.74) is -0.602. The van der Waals surface area contributed by atoms with E-state index in [2.05, 4.69) is 11.6 Å². The molecule has 0 saturated carbocycles. The standard InChI is InChI=1S/C7H7NO5/c1-4(9)2-5(7(12)13)8-3-6(10)11/h2-3,9H,1H2,(H,10,11)(H,12,13)/b5-2-,8-3+.